The SMILES string of the molecule is CN=C(NCC(C)N1CCN(C)CC1)Nc1ccc(OC)c(OC)c1.I. The van der Waals surface area contributed by atoms with Crippen LogP contribution in [0.25, 0.3) is 0 Å². The number of nitrogens with zero attached hydrogens (tertiary/aromatic N) is 3. The number of rotatable bonds is 6. The van der Waals surface area contributed by atoms with E-state index in [1.165, 1.54) is 0 Å². The fourth-order valence-electron chi connectivity index (χ4n) is 2.87. The van der Waals surface area contributed by atoms with E-state index in [-0.39, 0.29) is 24.0 Å². The van der Waals surface area contributed by atoms with E-state index in [9.17, 15) is 0 Å². The number of halogens is 1. The van der Waals surface area contributed by atoms with Crippen molar-refractivity contribution in [1.29, 1.82) is 0 Å². The van der Waals surface area contributed by atoms with Crippen LogP contribution in [0.4, 0.5) is 5.69 Å². The minimum Gasteiger partial charge on any atom is -0.493 e. The minimum atomic E-state index is 0. The minimum absolute atomic E-state index is 0. The Hall–Kier alpha value is -1.26. The van der Waals surface area contributed by atoms with Crippen molar-refractivity contribution in [2.24, 2.45) is 4.99 Å². The van der Waals surface area contributed by atoms with Crippen molar-refractivity contribution in [2.75, 3.05) is 66.4 Å². The van der Waals surface area contributed by atoms with E-state index < -0.39 is 0 Å². The molecule has 1 aliphatic rings. The zero-order valence-corrected chi connectivity index (χ0v) is 18.7. The standard InChI is InChI=1S/C18H31N5O2.HI/c1-14(23-10-8-22(3)9-11-23)13-20-18(19-2)21-15-6-7-16(24-4)17(12-15)25-5;/h6-7,12,14H,8-11,13H2,1-5H3,(H2,19,20,21);1H. The molecule has 0 spiro atoms. The van der Waals surface area contributed by atoms with E-state index in [0.717, 1.165) is 44.4 Å². The number of anilines is 1. The van der Waals surface area contributed by atoms with Gasteiger partial charge in [-0.15, -0.1) is 24.0 Å². The van der Waals surface area contributed by atoms with Gasteiger partial charge in [0, 0.05) is 57.6 Å². The van der Waals surface area contributed by atoms with Crippen LogP contribution in [0.2, 0.25) is 0 Å². The molecular formula is C18H32IN5O2. The summed E-state index contributed by atoms with van der Waals surface area (Å²) >= 11 is 0. The second-order valence-electron chi connectivity index (χ2n) is 6.34. The molecule has 7 nitrogen and oxygen atoms in total. The summed E-state index contributed by atoms with van der Waals surface area (Å²) in [5.74, 6) is 2.14. The lowest BCUT2D eigenvalue weighted by molar-refractivity contribution is 0.120. The number of guanidine groups is 1. The highest BCUT2D eigenvalue weighted by Crippen LogP contribution is 2.29. The predicted molar refractivity (Wildman–Crippen MR) is 118 cm³/mol. The van der Waals surface area contributed by atoms with Crippen molar-refractivity contribution in [3.05, 3.63) is 18.2 Å². The number of methoxy groups -OCH3 is 2. The van der Waals surface area contributed by atoms with E-state index in [1.54, 1.807) is 21.3 Å². The summed E-state index contributed by atoms with van der Waals surface area (Å²) in [7, 11) is 7.21. The Kier molecular flexibility index (Phi) is 10.0. The maximum absolute atomic E-state index is 5.34. The average molecular weight is 477 g/mol. The number of likely N-dealkylation sites (N-methyl/N-ethyl adjacent to an activating group) is 1. The summed E-state index contributed by atoms with van der Waals surface area (Å²) in [6.07, 6.45) is 0. The van der Waals surface area contributed by atoms with Gasteiger partial charge in [0.1, 0.15) is 0 Å². The van der Waals surface area contributed by atoms with E-state index in [4.69, 9.17) is 9.47 Å². The van der Waals surface area contributed by atoms with Crippen LogP contribution in [0, 0.1) is 0 Å². The molecule has 26 heavy (non-hydrogen) atoms. The molecule has 1 unspecified atom stereocenters. The summed E-state index contributed by atoms with van der Waals surface area (Å²) in [6.45, 7) is 7.58. The van der Waals surface area contributed by atoms with Gasteiger partial charge in [0.2, 0.25) is 0 Å². The number of hydrogen-bond acceptors (Lipinski definition) is 5. The maximum atomic E-state index is 5.34. The number of aliphatic imine (C=N–C) groups is 1. The lowest BCUT2D eigenvalue weighted by Crippen LogP contribution is -2.51. The normalized spacial score (nSPS) is 17.2. The molecule has 1 aliphatic heterocycles. The predicted octanol–water partition coefficient (Wildman–Crippen LogP) is 1.94. The van der Waals surface area contributed by atoms with Gasteiger partial charge in [-0.3, -0.25) is 9.89 Å². The van der Waals surface area contributed by atoms with Crippen molar-refractivity contribution < 1.29 is 9.47 Å². The third kappa shape index (κ3) is 6.48. The first-order chi connectivity index (χ1) is 12.1. The zero-order chi connectivity index (χ0) is 18.2. The topological polar surface area (TPSA) is 61.4 Å². The Morgan fingerprint density at radius 2 is 1.81 bits per heavy atom. The van der Waals surface area contributed by atoms with Crippen LogP contribution in [-0.2, 0) is 0 Å². The highest BCUT2D eigenvalue weighted by atomic mass is 127. The van der Waals surface area contributed by atoms with Gasteiger partial charge >= 0.3 is 0 Å². The second-order valence-corrected chi connectivity index (χ2v) is 6.34. The smallest absolute Gasteiger partial charge is 0.195 e. The monoisotopic (exact) mass is 477 g/mol. The molecule has 0 aromatic heterocycles. The molecule has 0 radical (unpaired) electrons. The van der Waals surface area contributed by atoms with Gasteiger partial charge < -0.3 is 25.0 Å². The first kappa shape index (κ1) is 22.8. The summed E-state index contributed by atoms with van der Waals surface area (Å²) in [6, 6.07) is 6.17. The highest BCUT2D eigenvalue weighted by molar-refractivity contribution is 14.0. The third-order valence-corrected chi connectivity index (χ3v) is 4.60. The second kappa shape index (κ2) is 11.5. The molecule has 1 aromatic carbocycles. The van der Waals surface area contributed by atoms with Crippen molar-refractivity contribution >= 4 is 35.6 Å². The molecular weight excluding hydrogens is 445 g/mol. The number of ether oxygens (including phenoxy) is 2. The molecule has 0 amide bonds. The molecule has 0 aliphatic carbocycles. The fraction of sp³-hybridized carbons (Fsp3) is 0.611. The molecule has 1 aromatic rings. The van der Waals surface area contributed by atoms with Gasteiger partial charge in [-0.2, -0.15) is 0 Å². The molecule has 8 heteroatoms. The molecule has 2 N–H and O–H groups in total. The molecule has 1 heterocycles. The quantitative estimate of drug-likeness (QED) is 0.371. The maximum Gasteiger partial charge on any atom is 0.195 e. The summed E-state index contributed by atoms with van der Waals surface area (Å²) in [5.41, 5.74) is 0.901. The van der Waals surface area contributed by atoms with Crippen molar-refractivity contribution in [2.45, 2.75) is 13.0 Å². The van der Waals surface area contributed by atoms with Gasteiger partial charge in [0.25, 0.3) is 0 Å². The third-order valence-electron chi connectivity index (χ3n) is 4.60. The van der Waals surface area contributed by atoms with Gasteiger partial charge in [-0.05, 0) is 26.1 Å². The molecule has 2 rings (SSSR count). The molecule has 1 saturated heterocycles. The number of benzene rings is 1. The zero-order valence-electron chi connectivity index (χ0n) is 16.4. The van der Waals surface area contributed by atoms with Crippen LogP contribution in [0.15, 0.2) is 23.2 Å². The van der Waals surface area contributed by atoms with Gasteiger partial charge in [-0.1, -0.05) is 0 Å². The summed E-state index contributed by atoms with van der Waals surface area (Å²) in [5, 5.41) is 6.70. The Morgan fingerprint density at radius 1 is 1.15 bits per heavy atom. The Bertz CT molecular complexity index is 577. The lowest BCUT2D eigenvalue weighted by atomic mass is 10.2. The van der Waals surface area contributed by atoms with Crippen LogP contribution in [-0.4, -0.2) is 82.8 Å². The highest BCUT2D eigenvalue weighted by Gasteiger charge is 2.19. The largest absolute Gasteiger partial charge is 0.493 e. The first-order valence-corrected chi connectivity index (χ1v) is 8.69. The molecule has 0 saturated carbocycles. The van der Waals surface area contributed by atoms with E-state index in [0.29, 0.717) is 17.5 Å². The summed E-state index contributed by atoms with van der Waals surface area (Å²) < 4.78 is 10.6. The number of hydrogen-bond donors (Lipinski definition) is 2. The van der Waals surface area contributed by atoms with E-state index in [2.05, 4.69) is 39.4 Å². The Morgan fingerprint density at radius 3 is 2.38 bits per heavy atom. The molecule has 0 bridgehead atoms. The van der Waals surface area contributed by atoms with Crippen molar-refractivity contribution in [1.82, 2.24) is 15.1 Å². The van der Waals surface area contributed by atoms with Gasteiger partial charge in [0.05, 0.1) is 14.2 Å². The van der Waals surface area contributed by atoms with Gasteiger partial charge in [0.15, 0.2) is 17.5 Å². The first-order valence-electron chi connectivity index (χ1n) is 8.69. The average Bonchev–Trinajstić information content (AvgIpc) is 2.65. The number of piperazine rings is 1. The van der Waals surface area contributed by atoms with Crippen LogP contribution in [0.3, 0.4) is 0 Å². The van der Waals surface area contributed by atoms with Crippen LogP contribution in [0.5, 0.6) is 11.5 Å². The van der Waals surface area contributed by atoms with Crippen LogP contribution in [0.1, 0.15) is 6.92 Å². The lowest BCUT2D eigenvalue weighted by Gasteiger charge is -2.36. The van der Waals surface area contributed by atoms with Crippen molar-refractivity contribution in [3.63, 3.8) is 0 Å². The van der Waals surface area contributed by atoms with Crippen LogP contribution >= 0.6 is 24.0 Å². The van der Waals surface area contributed by atoms with E-state index in [1.807, 2.05) is 18.2 Å². The molecule has 148 valence electrons. The van der Waals surface area contributed by atoms with Crippen molar-refractivity contribution in [3.8, 4) is 11.5 Å². The Balaban J connectivity index is 0.00000338. The van der Waals surface area contributed by atoms with E-state index >= 15 is 0 Å². The Labute approximate surface area is 174 Å². The van der Waals surface area contributed by atoms with Gasteiger partial charge in [-0.25, -0.2) is 0 Å². The molecule has 1 atom stereocenters. The summed E-state index contributed by atoms with van der Waals surface area (Å²) in [4.78, 5) is 9.19. The fourth-order valence-corrected chi connectivity index (χ4v) is 2.87. The molecule has 1 fully saturated rings. The van der Waals surface area contributed by atoms with Crippen LogP contribution < -0.4 is 20.1 Å². The number of nitrogens with one attached hydrogen (secondary N) is 2.